The van der Waals surface area contributed by atoms with Crippen LogP contribution in [0.4, 0.5) is 0 Å². The predicted octanol–water partition coefficient (Wildman–Crippen LogP) is 1.82. The van der Waals surface area contributed by atoms with E-state index >= 15 is 0 Å². The van der Waals surface area contributed by atoms with E-state index in [2.05, 4.69) is 45.3 Å². The minimum Gasteiger partial charge on any atom is -0.302 e. The summed E-state index contributed by atoms with van der Waals surface area (Å²) in [5.74, 6) is 1.46. The van der Waals surface area contributed by atoms with Gasteiger partial charge in [-0.15, -0.1) is 0 Å². The third-order valence-corrected chi connectivity index (χ3v) is 1.66. The zero-order valence-corrected chi connectivity index (χ0v) is 9.15. The molecular formula is C10H24N2. The number of hydrogen-bond acceptors (Lipinski definition) is 2. The predicted molar refractivity (Wildman–Crippen MR) is 55.1 cm³/mol. The second-order valence-electron chi connectivity index (χ2n) is 4.33. The molecule has 0 saturated heterocycles. The molecule has 0 aliphatic carbocycles. The quantitative estimate of drug-likeness (QED) is 0.597. The summed E-state index contributed by atoms with van der Waals surface area (Å²) in [7, 11) is 0. The summed E-state index contributed by atoms with van der Waals surface area (Å²) in [5, 5.41) is 6.85. The Morgan fingerprint density at radius 3 is 1.33 bits per heavy atom. The van der Waals surface area contributed by atoms with E-state index in [1.54, 1.807) is 0 Å². The maximum absolute atomic E-state index is 3.43. The molecular weight excluding hydrogens is 148 g/mol. The highest BCUT2D eigenvalue weighted by Crippen LogP contribution is 1.90. The molecule has 0 spiro atoms. The van der Waals surface area contributed by atoms with Crippen LogP contribution in [-0.4, -0.2) is 19.3 Å². The minimum absolute atomic E-state index is 0.440. The molecule has 0 fully saturated rings. The van der Waals surface area contributed by atoms with E-state index in [0.29, 0.717) is 6.17 Å². The summed E-state index contributed by atoms with van der Waals surface area (Å²) in [4.78, 5) is 0. The van der Waals surface area contributed by atoms with Crippen LogP contribution in [0.2, 0.25) is 0 Å². The van der Waals surface area contributed by atoms with Crippen molar-refractivity contribution in [3.63, 3.8) is 0 Å². The van der Waals surface area contributed by atoms with E-state index in [1.807, 2.05) is 0 Å². The lowest BCUT2D eigenvalue weighted by Crippen LogP contribution is -2.42. The van der Waals surface area contributed by atoms with E-state index < -0.39 is 0 Å². The first-order valence-corrected chi connectivity index (χ1v) is 4.99. The lowest BCUT2D eigenvalue weighted by molar-refractivity contribution is 0.399. The van der Waals surface area contributed by atoms with Crippen molar-refractivity contribution in [2.45, 2.75) is 40.8 Å². The highest BCUT2D eigenvalue weighted by Gasteiger charge is 2.01. The van der Waals surface area contributed by atoms with E-state index in [-0.39, 0.29) is 0 Å². The van der Waals surface area contributed by atoms with Crippen LogP contribution in [0.15, 0.2) is 0 Å². The van der Waals surface area contributed by atoms with Gasteiger partial charge in [-0.2, -0.15) is 0 Å². The van der Waals surface area contributed by atoms with E-state index in [9.17, 15) is 0 Å². The lowest BCUT2D eigenvalue weighted by atomic mass is 10.2. The molecule has 0 amide bonds. The van der Waals surface area contributed by atoms with Crippen LogP contribution >= 0.6 is 0 Å². The third kappa shape index (κ3) is 8.02. The Bertz CT molecular complexity index is 88.0. The summed E-state index contributed by atoms with van der Waals surface area (Å²) in [6.07, 6.45) is 0.440. The smallest absolute Gasteiger partial charge is 0.0542 e. The van der Waals surface area contributed by atoms with Crippen molar-refractivity contribution in [2.24, 2.45) is 11.8 Å². The molecule has 2 heteroatoms. The third-order valence-electron chi connectivity index (χ3n) is 1.66. The molecule has 0 aliphatic rings. The Labute approximate surface area is 77.1 Å². The van der Waals surface area contributed by atoms with Gasteiger partial charge in [-0.25, -0.2) is 0 Å². The van der Waals surface area contributed by atoms with Crippen molar-refractivity contribution in [1.82, 2.24) is 10.6 Å². The van der Waals surface area contributed by atoms with Gasteiger partial charge >= 0.3 is 0 Å². The Morgan fingerprint density at radius 1 is 0.750 bits per heavy atom. The fraction of sp³-hybridized carbons (Fsp3) is 1.00. The van der Waals surface area contributed by atoms with Crippen molar-refractivity contribution in [3.8, 4) is 0 Å². The van der Waals surface area contributed by atoms with E-state index in [0.717, 1.165) is 24.9 Å². The Kier molecular flexibility index (Phi) is 6.39. The summed E-state index contributed by atoms with van der Waals surface area (Å²) >= 11 is 0. The summed E-state index contributed by atoms with van der Waals surface area (Å²) in [6.45, 7) is 13.2. The molecule has 0 saturated carbocycles. The van der Waals surface area contributed by atoms with Crippen LogP contribution in [0, 0.1) is 11.8 Å². The fourth-order valence-electron chi connectivity index (χ4n) is 0.897. The van der Waals surface area contributed by atoms with Gasteiger partial charge in [0, 0.05) is 0 Å². The van der Waals surface area contributed by atoms with Crippen LogP contribution in [0.25, 0.3) is 0 Å². The van der Waals surface area contributed by atoms with Gasteiger partial charge in [0.25, 0.3) is 0 Å². The summed E-state index contributed by atoms with van der Waals surface area (Å²) in [5.41, 5.74) is 0. The fourth-order valence-corrected chi connectivity index (χ4v) is 0.897. The molecule has 0 aromatic rings. The summed E-state index contributed by atoms with van der Waals surface area (Å²) in [6, 6.07) is 0. The Balaban J connectivity index is 3.27. The molecule has 0 aromatic heterocycles. The van der Waals surface area contributed by atoms with E-state index in [4.69, 9.17) is 0 Å². The van der Waals surface area contributed by atoms with Gasteiger partial charge in [0.2, 0.25) is 0 Å². The molecule has 0 heterocycles. The normalized spacial score (nSPS) is 12.0. The van der Waals surface area contributed by atoms with Crippen molar-refractivity contribution >= 4 is 0 Å². The van der Waals surface area contributed by atoms with Gasteiger partial charge in [-0.3, -0.25) is 0 Å². The maximum atomic E-state index is 3.43. The zero-order chi connectivity index (χ0) is 9.56. The Morgan fingerprint density at radius 2 is 1.08 bits per heavy atom. The molecule has 2 nitrogen and oxygen atoms in total. The van der Waals surface area contributed by atoms with E-state index in [1.165, 1.54) is 0 Å². The molecule has 0 bridgehead atoms. The van der Waals surface area contributed by atoms with Crippen LogP contribution in [0.1, 0.15) is 34.6 Å². The first-order valence-electron chi connectivity index (χ1n) is 4.99. The van der Waals surface area contributed by atoms with Crippen molar-refractivity contribution in [1.29, 1.82) is 0 Å². The standard InChI is InChI=1S/C10H24N2/c1-8(2)6-11-10(5)12-7-9(3)4/h8-12H,6-7H2,1-5H3. The van der Waals surface area contributed by atoms with Crippen molar-refractivity contribution < 1.29 is 0 Å². The summed E-state index contributed by atoms with van der Waals surface area (Å²) < 4.78 is 0. The average Bonchev–Trinajstić information content (AvgIpc) is 1.96. The molecule has 74 valence electrons. The van der Waals surface area contributed by atoms with Crippen molar-refractivity contribution in [2.75, 3.05) is 13.1 Å². The molecule has 2 N–H and O–H groups in total. The monoisotopic (exact) mass is 172 g/mol. The van der Waals surface area contributed by atoms with Crippen molar-refractivity contribution in [3.05, 3.63) is 0 Å². The minimum atomic E-state index is 0.440. The SMILES string of the molecule is CC(C)CNC(C)NCC(C)C. The molecule has 0 atom stereocenters. The molecule has 12 heavy (non-hydrogen) atoms. The molecule has 0 aliphatic heterocycles. The largest absolute Gasteiger partial charge is 0.302 e. The highest BCUT2D eigenvalue weighted by atomic mass is 15.1. The molecule has 0 unspecified atom stereocenters. The highest BCUT2D eigenvalue weighted by molar-refractivity contribution is 4.60. The molecule has 0 rings (SSSR count). The lowest BCUT2D eigenvalue weighted by Gasteiger charge is -2.18. The van der Waals surface area contributed by atoms with Crippen LogP contribution in [-0.2, 0) is 0 Å². The van der Waals surface area contributed by atoms with Crippen LogP contribution < -0.4 is 10.6 Å². The maximum Gasteiger partial charge on any atom is 0.0542 e. The molecule has 0 aromatic carbocycles. The first-order chi connectivity index (χ1) is 5.52. The average molecular weight is 172 g/mol. The Hall–Kier alpha value is -0.0800. The van der Waals surface area contributed by atoms with Crippen LogP contribution in [0.3, 0.4) is 0 Å². The second kappa shape index (κ2) is 6.44. The zero-order valence-electron chi connectivity index (χ0n) is 9.15. The second-order valence-corrected chi connectivity index (χ2v) is 4.33. The van der Waals surface area contributed by atoms with Crippen LogP contribution in [0.5, 0.6) is 0 Å². The number of nitrogens with one attached hydrogen (secondary N) is 2. The molecule has 0 radical (unpaired) electrons. The van der Waals surface area contributed by atoms with Gasteiger partial charge < -0.3 is 10.6 Å². The van der Waals surface area contributed by atoms with Gasteiger partial charge in [0.1, 0.15) is 0 Å². The van der Waals surface area contributed by atoms with Gasteiger partial charge in [0.15, 0.2) is 0 Å². The topological polar surface area (TPSA) is 24.1 Å². The van der Waals surface area contributed by atoms with Gasteiger partial charge in [0.05, 0.1) is 6.17 Å². The van der Waals surface area contributed by atoms with Gasteiger partial charge in [-0.05, 0) is 31.8 Å². The number of hydrogen-bond donors (Lipinski definition) is 2. The first kappa shape index (κ1) is 11.9. The number of rotatable bonds is 6. The van der Waals surface area contributed by atoms with Gasteiger partial charge in [-0.1, -0.05) is 27.7 Å².